The first-order chi connectivity index (χ1) is 15.3. The molecule has 33 heavy (non-hydrogen) atoms. The molecule has 0 spiro atoms. The quantitative estimate of drug-likeness (QED) is 0.399. The molecule has 3 rings (SSSR count). The molecule has 0 amide bonds. The first kappa shape index (κ1) is 24.8. The maximum absolute atomic E-state index is 13.1. The first-order valence-electron chi connectivity index (χ1n) is 9.26. The summed E-state index contributed by atoms with van der Waals surface area (Å²) in [5.41, 5.74) is 0.610. The summed E-state index contributed by atoms with van der Waals surface area (Å²) in [5.74, 6) is -1.54. The number of carbonyl (C=O) groups is 1. The summed E-state index contributed by atoms with van der Waals surface area (Å²) in [6.45, 7) is 3.19. The van der Waals surface area contributed by atoms with Gasteiger partial charge in [-0.25, -0.2) is 21.6 Å². The van der Waals surface area contributed by atoms with Crippen molar-refractivity contribution in [2.75, 3.05) is 9.44 Å². The fraction of sp³-hybridized carbons (Fsp3) is 0.0952. The number of anilines is 2. The summed E-state index contributed by atoms with van der Waals surface area (Å²) in [6.07, 6.45) is 0. The highest BCUT2D eigenvalue weighted by molar-refractivity contribution is 7.93. The highest BCUT2D eigenvalue weighted by atomic mass is 35.5. The Hall–Kier alpha value is -2.79. The van der Waals surface area contributed by atoms with E-state index >= 15 is 0 Å². The summed E-state index contributed by atoms with van der Waals surface area (Å²) in [7, 11) is -8.78. The lowest BCUT2D eigenvalue weighted by molar-refractivity contribution is 0.0692. The van der Waals surface area contributed by atoms with E-state index in [4.69, 9.17) is 23.2 Å². The number of aromatic carboxylic acids is 1. The molecule has 12 heteroatoms. The Labute approximate surface area is 201 Å². The number of benzene rings is 3. The number of rotatable bonds is 7. The summed E-state index contributed by atoms with van der Waals surface area (Å²) in [6, 6.07) is 11.9. The molecule has 0 aliphatic rings. The zero-order valence-electron chi connectivity index (χ0n) is 17.3. The molecule has 0 saturated carbocycles. The van der Waals surface area contributed by atoms with Crippen LogP contribution in [0.5, 0.6) is 0 Å². The van der Waals surface area contributed by atoms with Gasteiger partial charge >= 0.3 is 5.97 Å². The summed E-state index contributed by atoms with van der Waals surface area (Å²) < 4.78 is 56.7. The predicted octanol–water partition coefficient (Wildman–Crippen LogP) is 4.91. The third-order valence-corrected chi connectivity index (χ3v) is 8.39. The zero-order chi connectivity index (χ0) is 24.6. The smallest absolute Gasteiger partial charge is 0.337 e. The second-order valence-corrected chi connectivity index (χ2v) is 11.1. The summed E-state index contributed by atoms with van der Waals surface area (Å²) in [4.78, 5) is 10.5. The van der Waals surface area contributed by atoms with Crippen LogP contribution in [0.25, 0.3) is 0 Å². The van der Waals surface area contributed by atoms with Crippen molar-refractivity contribution >= 4 is 60.6 Å². The van der Waals surface area contributed by atoms with Crippen LogP contribution in [0.4, 0.5) is 11.4 Å². The Morgan fingerprint density at radius 1 is 0.788 bits per heavy atom. The molecule has 0 radical (unpaired) electrons. The largest absolute Gasteiger partial charge is 0.478 e. The van der Waals surface area contributed by atoms with E-state index in [2.05, 4.69) is 9.44 Å². The van der Waals surface area contributed by atoms with E-state index in [1.165, 1.54) is 18.2 Å². The van der Waals surface area contributed by atoms with E-state index in [1.54, 1.807) is 32.0 Å². The van der Waals surface area contributed by atoms with Crippen LogP contribution in [0.2, 0.25) is 10.0 Å². The molecule has 0 saturated heterocycles. The van der Waals surface area contributed by atoms with E-state index in [1.807, 2.05) is 0 Å². The Morgan fingerprint density at radius 3 is 1.76 bits per heavy atom. The van der Waals surface area contributed by atoms with Crippen molar-refractivity contribution in [2.24, 2.45) is 0 Å². The number of hydrogen-bond donors (Lipinski definition) is 3. The predicted molar refractivity (Wildman–Crippen MR) is 127 cm³/mol. The van der Waals surface area contributed by atoms with E-state index in [0.717, 1.165) is 18.2 Å². The van der Waals surface area contributed by atoms with Crippen molar-refractivity contribution in [1.82, 2.24) is 0 Å². The van der Waals surface area contributed by atoms with Gasteiger partial charge in [0.25, 0.3) is 20.0 Å². The third kappa shape index (κ3) is 5.25. The summed E-state index contributed by atoms with van der Waals surface area (Å²) in [5, 5.41) is 10.1. The van der Waals surface area contributed by atoms with Crippen LogP contribution in [0.3, 0.4) is 0 Å². The van der Waals surface area contributed by atoms with Crippen LogP contribution < -0.4 is 9.44 Å². The van der Waals surface area contributed by atoms with Crippen LogP contribution in [-0.4, -0.2) is 27.9 Å². The van der Waals surface area contributed by atoms with Gasteiger partial charge in [0.2, 0.25) is 0 Å². The Balaban J connectivity index is 2.09. The molecular weight excluding hydrogens is 511 g/mol. The Kier molecular flexibility index (Phi) is 6.94. The molecule has 0 aliphatic heterocycles. The number of nitrogens with one attached hydrogen (secondary N) is 2. The highest BCUT2D eigenvalue weighted by Gasteiger charge is 2.27. The van der Waals surface area contributed by atoms with Gasteiger partial charge in [0, 0.05) is 10.0 Å². The van der Waals surface area contributed by atoms with Crippen LogP contribution >= 0.6 is 23.2 Å². The monoisotopic (exact) mass is 528 g/mol. The van der Waals surface area contributed by atoms with Crippen molar-refractivity contribution in [2.45, 2.75) is 23.6 Å². The first-order valence-corrected chi connectivity index (χ1v) is 13.0. The van der Waals surface area contributed by atoms with Gasteiger partial charge in [-0.15, -0.1) is 0 Å². The van der Waals surface area contributed by atoms with Gasteiger partial charge in [-0.3, -0.25) is 9.44 Å². The van der Waals surface area contributed by atoms with Gasteiger partial charge < -0.3 is 5.11 Å². The topological polar surface area (TPSA) is 130 Å². The Morgan fingerprint density at radius 2 is 1.27 bits per heavy atom. The molecule has 3 aromatic carbocycles. The molecule has 8 nitrogen and oxygen atoms in total. The van der Waals surface area contributed by atoms with Gasteiger partial charge in [0.1, 0.15) is 4.90 Å². The normalized spacial score (nSPS) is 11.8. The number of halogens is 2. The van der Waals surface area contributed by atoms with Crippen LogP contribution in [0.1, 0.15) is 21.5 Å². The van der Waals surface area contributed by atoms with E-state index in [9.17, 15) is 26.7 Å². The molecule has 0 bridgehead atoms. The van der Waals surface area contributed by atoms with Crippen molar-refractivity contribution in [3.63, 3.8) is 0 Å². The molecule has 3 N–H and O–H groups in total. The molecule has 174 valence electrons. The lowest BCUT2D eigenvalue weighted by Crippen LogP contribution is -2.20. The minimum Gasteiger partial charge on any atom is -0.478 e. The highest BCUT2D eigenvalue weighted by Crippen LogP contribution is 2.29. The van der Waals surface area contributed by atoms with Gasteiger partial charge in [-0.1, -0.05) is 35.3 Å². The van der Waals surface area contributed by atoms with Crippen molar-refractivity contribution in [3.05, 3.63) is 81.3 Å². The fourth-order valence-electron chi connectivity index (χ4n) is 2.91. The van der Waals surface area contributed by atoms with Crippen molar-refractivity contribution in [1.29, 1.82) is 0 Å². The molecule has 0 heterocycles. The Bertz CT molecular complexity index is 1470. The number of sulfonamides is 2. The maximum Gasteiger partial charge on any atom is 0.337 e. The standard InChI is InChI=1S/C21H18Cl2N2O6S2/c1-12-16(22)5-3-7-18(12)24-32(28,29)14-9-10-15(21(26)27)20(11-14)33(30,31)25-19-8-4-6-17(23)13(19)2/h3-11,24-25H,1-2H3,(H,26,27). The van der Waals surface area contributed by atoms with Gasteiger partial charge in [-0.05, 0) is 67.4 Å². The van der Waals surface area contributed by atoms with E-state index in [-0.39, 0.29) is 11.4 Å². The average molecular weight is 529 g/mol. The third-order valence-electron chi connectivity index (χ3n) is 4.81. The van der Waals surface area contributed by atoms with E-state index in [0.29, 0.717) is 21.2 Å². The maximum atomic E-state index is 13.1. The van der Waals surface area contributed by atoms with Crippen LogP contribution in [-0.2, 0) is 20.0 Å². The molecular formula is C21H18Cl2N2O6S2. The second-order valence-electron chi connectivity index (χ2n) is 7.00. The number of carboxylic acids is 1. The lowest BCUT2D eigenvalue weighted by Gasteiger charge is -2.15. The minimum atomic E-state index is -4.50. The van der Waals surface area contributed by atoms with Gasteiger partial charge in [-0.2, -0.15) is 0 Å². The fourth-order valence-corrected chi connectivity index (χ4v) is 5.83. The second kappa shape index (κ2) is 9.22. The van der Waals surface area contributed by atoms with Crippen LogP contribution in [0.15, 0.2) is 64.4 Å². The molecule has 0 aliphatic carbocycles. The molecule has 0 fully saturated rings. The molecule has 3 aromatic rings. The van der Waals surface area contributed by atoms with Crippen LogP contribution in [0, 0.1) is 13.8 Å². The van der Waals surface area contributed by atoms with Gasteiger partial charge in [0.15, 0.2) is 0 Å². The van der Waals surface area contributed by atoms with Gasteiger partial charge in [0.05, 0.1) is 21.8 Å². The van der Waals surface area contributed by atoms with Crippen molar-refractivity contribution in [3.8, 4) is 0 Å². The zero-order valence-corrected chi connectivity index (χ0v) is 20.4. The molecule has 0 aromatic heterocycles. The lowest BCUT2D eigenvalue weighted by atomic mass is 10.2. The number of hydrogen-bond acceptors (Lipinski definition) is 5. The average Bonchev–Trinajstić information content (AvgIpc) is 2.74. The molecule has 0 atom stereocenters. The van der Waals surface area contributed by atoms with Crippen molar-refractivity contribution < 1.29 is 26.7 Å². The minimum absolute atomic E-state index is 0.125. The van der Waals surface area contributed by atoms with E-state index < -0.39 is 41.4 Å². The summed E-state index contributed by atoms with van der Waals surface area (Å²) >= 11 is 12.1. The SMILES string of the molecule is Cc1c(Cl)cccc1NS(=O)(=O)c1ccc(C(=O)O)c(S(=O)(=O)Nc2cccc(Cl)c2C)c1. The molecule has 0 unspecified atom stereocenters. The number of carboxylic acid groups (broad SMARTS) is 1.